The molecule has 1 fully saturated rings. The van der Waals surface area contributed by atoms with Gasteiger partial charge in [0.05, 0.1) is 6.10 Å². The second-order valence-corrected chi connectivity index (χ2v) is 3.25. The fraction of sp³-hybridized carbons (Fsp3) is 1.00. The summed E-state index contributed by atoms with van der Waals surface area (Å²) < 4.78 is 0. The lowest BCUT2D eigenvalue weighted by Gasteiger charge is -2.32. The molecule has 1 saturated heterocycles. The van der Waals surface area contributed by atoms with Crippen LogP contribution < -0.4 is 5.32 Å². The molecular formula is C7H16N2O. The fourth-order valence-corrected chi connectivity index (χ4v) is 1.11. The molecule has 0 saturated carbocycles. The zero-order valence-corrected chi connectivity index (χ0v) is 6.67. The maximum atomic E-state index is 9.46. The number of nitrogens with one attached hydrogen (secondary N) is 1. The molecule has 2 N–H and O–H groups in total. The Labute approximate surface area is 62.0 Å². The highest BCUT2D eigenvalue weighted by molar-refractivity contribution is 4.82. The summed E-state index contributed by atoms with van der Waals surface area (Å²) in [6.07, 6.45) is -0.142. The van der Waals surface area contributed by atoms with Gasteiger partial charge in [0.1, 0.15) is 0 Å². The lowest BCUT2D eigenvalue weighted by molar-refractivity contribution is 0.0544. The first-order valence-electron chi connectivity index (χ1n) is 3.73. The van der Waals surface area contributed by atoms with Gasteiger partial charge in [-0.15, -0.1) is 0 Å². The molecule has 1 atom stereocenters. The lowest BCUT2D eigenvalue weighted by Crippen LogP contribution is -2.51. The van der Waals surface area contributed by atoms with E-state index in [0.717, 1.165) is 19.6 Å². The molecule has 60 valence electrons. The molecule has 0 spiro atoms. The van der Waals surface area contributed by atoms with Crippen molar-refractivity contribution in [2.45, 2.75) is 6.10 Å². The van der Waals surface area contributed by atoms with Gasteiger partial charge in [0.25, 0.3) is 0 Å². The fourth-order valence-electron chi connectivity index (χ4n) is 1.11. The van der Waals surface area contributed by atoms with Crippen LogP contribution in [0.4, 0.5) is 0 Å². The summed E-state index contributed by atoms with van der Waals surface area (Å²) in [4.78, 5) is 2.02. The van der Waals surface area contributed by atoms with E-state index in [9.17, 15) is 5.11 Å². The molecule has 3 nitrogen and oxygen atoms in total. The number of rotatable bonds is 3. The monoisotopic (exact) mass is 144 g/mol. The van der Waals surface area contributed by atoms with Gasteiger partial charge in [0, 0.05) is 25.6 Å². The molecule has 1 aliphatic rings. The molecule has 1 rings (SSSR count). The predicted molar refractivity (Wildman–Crippen MR) is 40.9 cm³/mol. The molecule has 1 unspecified atom stereocenters. The zero-order chi connectivity index (χ0) is 7.56. The van der Waals surface area contributed by atoms with Crippen molar-refractivity contribution in [3.8, 4) is 0 Å². The van der Waals surface area contributed by atoms with Crippen LogP contribution in [-0.2, 0) is 0 Å². The third-order valence-electron chi connectivity index (χ3n) is 1.91. The van der Waals surface area contributed by atoms with Crippen molar-refractivity contribution in [3.05, 3.63) is 0 Å². The molecule has 0 aromatic heterocycles. The third-order valence-corrected chi connectivity index (χ3v) is 1.91. The first-order chi connectivity index (χ1) is 4.70. The standard InChI is InChI=1S/C7H16N2O/c1-9(2)5-7(10)6-3-8-4-6/h6-8,10H,3-5H2,1-2H3. The van der Waals surface area contributed by atoms with E-state index in [4.69, 9.17) is 0 Å². The van der Waals surface area contributed by atoms with Gasteiger partial charge in [-0.25, -0.2) is 0 Å². The van der Waals surface area contributed by atoms with Crippen LogP contribution in [0.25, 0.3) is 0 Å². The average Bonchev–Trinajstić information content (AvgIpc) is 1.55. The summed E-state index contributed by atoms with van der Waals surface area (Å²) in [5.74, 6) is 0.488. The minimum atomic E-state index is -0.142. The van der Waals surface area contributed by atoms with E-state index in [0.29, 0.717) is 5.92 Å². The van der Waals surface area contributed by atoms with Crippen LogP contribution in [0.15, 0.2) is 0 Å². The minimum absolute atomic E-state index is 0.142. The van der Waals surface area contributed by atoms with Gasteiger partial charge < -0.3 is 15.3 Å². The Morgan fingerprint density at radius 3 is 2.50 bits per heavy atom. The van der Waals surface area contributed by atoms with E-state index in [-0.39, 0.29) is 6.10 Å². The van der Waals surface area contributed by atoms with Crippen LogP contribution in [0, 0.1) is 5.92 Å². The van der Waals surface area contributed by atoms with Gasteiger partial charge in [0.15, 0.2) is 0 Å². The summed E-state index contributed by atoms with van der Waals surface area (Å²) in [6.45, 7) is 2.75. The van der Waals surface area contributed by atoms with Crippen LogP contribution in [0.3, 0.4) is 0 Å². The van der Waals surface area contributed by atoms with E-state index in [1.165, 1.54) is 0 Å². The second kappa shape index (κ2) is 3.32. The highest BCUT2D eigenvalue weighted by Crippen LogP contribution is 2.08. The SMILES string of the molecule is CN(C)CC(O)C1CNC1. The molecule has 0 aliphatic carbocycles. The summed E-state index contributed by atoms with van der Waals surface area (Å²) >= 11 is 0. The molecule has 0 aromatic carbocycles. The predicted octanol–water partition coefficient (Wildman–Crippen LogP) is -0.872. The van der Waals surface area contributed by atoms with Crippen molar-refractivity contribution in [1.29, 1.82) is 0 Å². The van der Waals surface area contributed by atoms with Crippen LogP contribution in [0.5, 0.6) is 0 Å². The Morgan fingerprint density at radius 2 is 2.20 bits per heavy atom. The first-order valence-corrected chi connectivity index (χ1v) is 3.73. The number of hydrogen-bond acceptors (Lipinski definition) is 3. The van der Waals surface area contributed by atoms with Gasteiger partial charge >= 0.3 is 0 Å². The molecule has 0 amide bonds. The van der Waals surface area contributed by atoms with Gasteiger partial charge in [-0.2, -0.15) is 0 Å². The topological polar surface area (TPSA) is 35.5 Å². The Balaban J connectivity index is 2.13. The summed E-state index contributed by atoms with van der Waals surface area (Å²) in [5.41, 5.74) is 0. The average molecular weight is 144 g/mol. The Morgan fingerprint density at radius 1 is 1.60 bits per heavy atom. The maximum absolute atomic E-state index is 9.46. The molecule has 1 heterocycles. The minimum Gasteiger partial charge on any atom is -0.391 e. The second-order valence-electron chi connectivity index (χ2n) is 3.25. The normalized spacial score (nSPS) is 22.8. The van der Waals surface area contributed by atoms with E-state index in [1.807, 2.05) is 19.0 Å². The molecule has 0 aromatic rings. The quantitative estimate of drug-likeness (QED) is 0.540. The number of aliphatic hydroxyl groups is 1. The van der Waals surface area contributed by atoms with Gasteiger partial charge in [0.2, 0.25) is 0 Å². The number of aliphatic hydroxyl groups excluding tert-OH is 1. The lowest BCUT2D eigenvalue weighted by atomic mass is 9.96. The van der Waals surface area contributed by atoms with E-state index in [1.54, 1.807) is 0 Å². The van der Waals surface area contributed by atoms with E-state index >= 15 is 0 Å². The van der Waals surface area contributed by atoms with Crippen molar-refractivity contribution in [3.63, 3.8) is 0 Å². The van der Waals surface area contributed by atoms with Crippen molar-refractivity contribution in [2.75, 3.05) is 33.7 Å². The number of likely N-dealkylation sites (N-methyl/N-ethyl adjacent to an activating group) is 1. The molecule has 3 heteroatoms. The third kappa shape index (κ3) is 1.94. The number of nitrogens with zero attached hydrogens (tertiary/aromatic N) is 1. The Hall–Kier alpha value is -0.120. The first kappa shape index (κ1) is 7.98. The van der Waals surface area contributed by atoms with E-state index in [2.05, 4.69) is 5.32 Å². The van der Waals surface area contributed by atoms with Gasteiger partial charge in [-0.3, -0.25) is 0 Å². The van der Waals surface area contributed by atoms with Crippen molar-refractivity contribution in [1.82, 2.24) is 10.2 Å². The zero-order valence-electron chi connectivity index (χ0n) is 6.67. The Bertz CT molecular complexity index is 102. The Kier molecular flexibility index (Phi) is 2.65. The molecule has 1 aliphatic heterocycles. The molecule has 0 bridgehead atoms. The number of hydrogen-bond donors (Lipinski definition) is 2. The van der Waals surface area contributed by atoms with Crippen molar-refractivity contribution in [2.24, 2.45) is 5.92 Å². The summed E-state index contributed by atoms with van der Waals surface area (Å²) in [5, 5.41) is 12.6. The smallest absolute Gasteiger partial charge is 0.0719 e. The summed E-state index contributed by atoms with van der Waals surface area (Å²) in [7, 11) is 3.96. The van der Waals surface area contributed by atoms with Crippen LogP contribution in [0.2, 0.25) is 0 Å². The molecule has 10 heavy (non-hydrogen) atoms. The largest absolute Gasteiger partial charge is 0.391 e. The van der Waals surface area contributed by atoms with Gasteiger partial charge in [-0.05, 0) is 14.1 Å². The molecule has 0 radical (unpaired) electrons. The van der Waals surface area contributed by atoms with E-state index < -0.39 is 0 Å². The van der Waals surface area contributed by atoms with Gasteiger partial charge in [-0.1, -0.05) is 0 Å². The van der Waals surface area contributed by atoms with Crippen molar-refractivity contribution >= 4 is 0 Å². The van der Waals surface area contributed by atoms with Crippen LogP contribution in [-0.4, -0.2) is 49.8 Å². The highest BCUT2D eigenvalue weighted by Gasteiger charge is 2.24. The molecular weight excluding hydrogens is 128 g/mol. The van der Waals surface area contributed by atoms with Crippen molar-refractivity contribution < 1.29 is 5.11 Å². The highest BCUT2D eigenvalue weighted by atomic mass is 16.3. The maximum Gasteiger partial charge on any atom is 0.0719 e. The van der Waals surface area contributed by atoms with Crippen LogP contribution in [0.1, 0.15) is 0 Å². The summed E-state index contributed by atoms with van der Waals surface area (Å²) in [6, 6.07) is 0. The van der Waals surface area contributed by atoms with Crippen LogP contribution >= 0.6 is 0 Å².